The normalized spacial score (nSPS) is 9.95. The van der Waals surface area contributed by atoms with Crippen LogP contribution in [0.15, 0.2) is 54.6 Å². The molecule has 0 aromatic heterocycles. The number of carbonyl (C=O) groups excluding carboxylic acids is 1. The van der Waals surface area contributed by atoms with Gasteiger partial charge in [-0.15, -0.1) is 0 Å². The molecule has 0 atom stereocenters. The predicted molar refractivity (Wildman–Crippen MR) is 79.6 cm³/mol. The maximum atomic E-state index is 12.2. The van der Waals surface area contributed by atoms with Gasteiger partial charge in [-0.25, -0.2) is 0 Å². The molecule has 0 saturated carbocycles. The molecule has 1 amide bonds. The quantitative estimate of drug-likeness (QED) is 0.853. The molecule has 0 radical (unpaired) electrons. The van der Waals surface area contributed by atoms with Crippen molar-refractivity contribution in [2.45, 2.75) is 13.3 Å². The van der Waals surface area contributed by atoms with E-state index in [1.807, 2.05) is 54.6 Å². The predicted octanol–water partition coefficient (Wildman–Crippen LogP) is 3.76. The fourth-order valence-electron chi connectivity index (χ4n) is 1.81. The Balaban J connectivity index is 2.14. The number of amides is 1. The minimum Gasteiger partial charge on any atom is -0.384 e. The van der Waals surface area contributed by atoms with E-state index < -0.39 is 0 Å². The van der Waals surface area contributed by atoms with Crippen LogP contribution >= 0.6 is 0 Å². The Kier molecular flexibility index (Phi) is 4.56. The Morgan fingerprint density at radius 1 is 1.00 bits per heavy atom. The van der Waals surface area contributed by atoms with Gasteiger partial charge in [0.2, 0.25) is 0 Å². The van der Waals surface area contributed by atoms with E-state index in [1.165, 1.54) is 0 Å². The van der Waals surface area contributed by atoms with E-state index in [0.29, 0.717) is 5.56 Å². The lowest BCUT2D eigenvalue weighted by atomic mass is 10.1. The van der Waals surface area contributed by atoms with Gasteiger partial charge in [-0.1, -0.05) is 37.3 Å². The first-order valence-electron chi connectivity index (χ1n) is 6.50. The Bertz CT molecular complexity index is 537. The monoisotopic (exact) mass is 254 g/mol. The number of hydrogen-bond acceptors (Lipinski definition) is 2. The fourth-order valence-corrected chi connectivity index (χ4v) is 1.81. The van der Waals surface area contributed by atoms with Crippen LogP contribution in [0.1, 0.15) is 23.7 Å². The lowest BCUT2D eigenvalue weighted by molar-refractivity contribution is 0.102. The number of carbonyl (C=O) groups is 1. The minimum atomic E-state index is -0.0922. The summed E-state index contributed by atoms with van der Waals surface area (Å²) in [6.45, 7) is 2.95. The molecule has 0 spiro atoms. The number of hydrogen-bond donors (Lipinski definition) is 2. The third-order valence-corrected chi connectivity index (χ3v) is 2.77. The molecule has 2 rings (SSSR count). The van der Waals surface area contributed by atoms with Crippen molar-refractivity contribution in [3.05, 3.63) is 60.2 Å². The second-order valence-electron chi connectivity index (χ2n) is 4.29. The van der Waals surface area contributed by atoms with Crippen molar-refractivity contribution in [3.63, 3.8) is 0 Å². The molecule has 3 nitrogen and oxygen atoms in total. The number of nitrogens with one attached hydrogen (secondary N) is 2. The minimum absolute atomic E-state index is 0.0922. The molecule has 0 fully saturated rings. The van der Waals surface area contributed by atoms with Crippen molar-refractivity contribution < 1.29 is 4.79 Å². The maximum Gasteiger partial charge on any atom is 0.257 e. The molecule has 19 heavy (non-hydrogen) atoms. The van der Waals surface area contributed by atoms with Crippen LogP contribution in [-0.4, -0.2) is 12.5 Å². The van der Waals surface area contributed by atoms with Crippen molar-refractivity contribution >= 4 is 17.3 Å². The fraction of sp³-hybridized carbons (Fsp3) is 0.188. The lowest BCUT2D eigenvalue weighted by Gasteiger charge is -2.11. The SMILES string of the molecule is CCCNc1ccccc1C(=O)Nc1ccccc1. The van der Waals surface area contributed by atoms with E-state index in [1.54, 1.807) is 0 Å². The highest BCUT2D eigenvalue weighted by atomic mass is 16.1. The molecule has 2 aromatic carbocycles. The second-order valence-corrected chi connectivity index (χ2v) is 4.29. The molecule has 98 valence electrons. The van der Waals surface area contributed by atoms with Crippen LogP contribution in [0.3, 0.4) is 0 Å². The molecule has 2 N–H and O–H groups in total. The van der Waals surface area contributed by atoms with Gasteiger partial charge in [-0.3, -0.25) is 4.79 Å². The summed E-state index contributed by atoms with van der Waals surface area (Å²) in [5.74, 6) is -0.0922. The van der Waals surface area contributed by atoms with Gasteiger partial charge in [0, 0.05) is 17.9 Å². The van der Waals surface area contributed by atoms with Gasteiger partial charge in [0.05, 0.1) is 5.56 Å². The maximum absolute atomic E-state index is 12.2. The first kappa shape index (κ1) is 13.1. The van der Waals surface area contributed by atoms with Gasteiger partial charge in [0.15, 0.2) is 0 Å². The highest BCUT2D eigenvalue weighted by Crippen LogP contribution is 2.17. The van der Waals surface area contributed by atoms with E-state index in [0.717, 1.165) is 24.3 Å². The molecular formula is C16H18N2O. The van der Waals surface area contributed by atoms with Gasteiger partial charge in [-0.05, 0) is 30.7 Å². The summed E-state index contributed by atoms with van der Waals surface area (Å²) < 4.78 is 0. The number of anilines is 2. The van der Waals surface area contributed by atoms with Crippen LogP contribution in [0.4, 0.5) is 11.4 Å². The van der Waals surface area contributed by atoms with Crippen LogP contribution < -0.4 is 10.6 Å². The second kappa shape index (κ2) is 6.59. The molecule has 0 saturated heterocycles. The van der Waals surface area contributed by atoms with Gasteiger partial charge in [0.25, 0.3) is 5.91 Å². The highest BCUT2D eigenvalue weighted by molar-refractivity contribution is 6.08. The summed E-state index contributed by atoms with van der Waals surface area (Å²) in [5, 5.41) is 6.16. The average Bonchev–Trinajstić information content (AvgIpc) is 2.46. The highest BCUT2D eigenvalue weighted by Gasteiger charge is 2.10. The van der Waals surface area contributed by atoms with Gasteiger partial charge in [0.1, 0.15) is 0 Å². The number of benzene rings is 2. The molecule has 0 aliphatic carbocycles. The van der Waals surface area contributed by atoms with Crippen molar-refractivity contribution in [2.75, 3.05) is 17.2 Å². The molecule has 2 aromatic rings. The molecule has 0 aliphatic rings. The van der Waals surface area contributed by atoms with Crippen LogP contribution in [-0.2, 0) is 0 Å². The first-order valence-corrected chi connectivity index (χ1v) is 6.50. The zero-order valence-electron chi connectivity index (χ0n) is 11.0. The smallest absolute Gasteiger partial charge is 0.257 e. The van der Waals surface area contributed by atoms with E-state index in [-0.39, 0.29) is 5.91 Å². The Hall–Kier alpha value is -2.29. The van der Waals surface area contributed by atoms with Crippen molar-refractivity contribution in [2.24, 2.45) is 0 Å². The molecule has 0 unspecified atom stereocenters. The van der Waals surface area contributed by atoms with Crippen LogP contribution in [0.5, 0.6) is 0 Å². The summed E-state index contributed by atoms with van der Waals surface area (Å²) in [7, 11) is 0. The van der Waals surface area contributed by atoms with E-state index in [4.69, 9.17) is 0 Å². The van der Waals surface area contributed by atoms with Crippen molar-refractivity contribution in [1.82, 2.24) is 0 Å². The van der Waals surface area contributed by atoms with Crippen molar-refractivity contribution in [1.29, 1.82) is 0 Å². The van der Waals surface area contributed by atoms with Crippen LogP contribution in [0, 0.1) is 0 Å². The molecule has 0 heterocycles. The van der Waals surface area contributed by atoms with E-state index in [2.05, 4.69) is 17.6 Å². The van der Waals surface area contributed by atoms with E-state index in [9.17, 15) is 4.79 Å². The summed E-state index contributed by atoms with van der Waals surface area (Å²) in [5.41, 5.74) is 2.34. The topological polar surface area (TPSA) is 41.1 Å². The third kappa shape index (κ3) is 3.58. The van der Waals surface area contributed by atoms with Gasteiger partial charge >= 0.3 is 0 Å². The zero-order valence-corrected chi connectivity index (χ0v) is 11.0. The summed E-state index contributed by atoms with van der Waals surface area (Å²) in [6.07, 6.45) is 1.02. The number of para-hydroxylation sites is 2. The van der Waals surface area contributed by atoms with Gasteiger partial charge in [-0.2, -0.15) is 0 Å². The lowest BCUT2D eigenvalue weighted by Crippen LogP contribution is -2.15. The third-order valence-electron chi connectivity index (χ3n) is 2.77. The summed E-state index contributed by atoms with van der Waals surface area (Å²) in [4.78, 5) is 12.2. The van der Waals surface area contributed by atoms with Crippen LogP contribution in [0.2, 0.25) is 0 Å². The first-order chi connectivity index (χ1) is 9.31. The number of rotatable bonds is 5. The Morgan fingerprint density at radius 2 is 1.68 bits per heavy atom. The zero-order chi connectivity index (χ0) is 13.5. The summed E-state index contributed by atoms with van der Waals surface area (Å²) in [6, 6.07) is 17.0. The largest absolute Gasteiger partial charge is 0.384 e. The van der Waals surface area contributed by atoms with Crippen molar-refractivity contribution in [3.8, 4) is 0 Å². The molecule has 3 heteroatoms. The van der Waals surface area contributed by atoms with E-state index >= 15 is 0 Å². The van der Waals surface area contributed by atoms with Gasteiger partial charge < -0.3 is 10.6 Å². The van der Waals surface area contributed by atoms with Crippen LogP contribution in [0.25, 0.3) is 0 Å². The molecule has 0 bridgehead atoms. The molecular weight excluding hydrogens is 236 g/mol. The summed E-state index contributed by atoms with van der Waals surface area (Å²) >= 11 is 0. The Morgan fingerprint density at radius 3 is 2.42 bits per heavy atom. The standard InChI is InChI=1S/C16H18N2O/c1-2-12-17-15-11-7-6-10-14(15)16(19)18-13-8-4-3-5-9-13/h3-11,17H,2,12H2,1H3,(H,18,19). The average molecular weight is 254 g/mol. The molecule has 0 aliphatic heterocycles. The Labute approximate surface area is 113 Å².